The van der Waals surface area contributed by atoms with Crippen molar-refractivity contribution in [3.05, 3.63) is 60.0 Å². The number of benzene rings is 1. The predicted molar refractivity (Wildman–Crippen MR) is 91.8 cm³/mol. The lowest BCUT2D eigenvalue weighted by atomic mass is 10.0. The van der Waals surface area contributed by atoms with Gasteiger partial charge in [-0.3, -0.25) is 9.78 Å². The Labute approximate surface area is 139 Å². The second kappa shape index (κ2) is 5.88. The molecule has 0 spiro atoms. The first kappa shape index (κ1) is 14.6. The maximum Gasteiger partial charge on any atom is 0.254 e. The summed E-state index contributed by atoms with van der Waals surface area (Å²) in [5.41, 5.74) is 2.74. The third-order valence-corrected chi connectivity index (χ3v) is 4.27. The highest BCUT2D eigenvalue weighted by atomic mass is 16.2. The van der Waals surface area contributed by atoms with Crippen molar-refractivity contribution in [2.24, 2.45) is 0 Å². The normalized spacial score (nSPS) is 14.5. The predicted octanol–water partition coefficient (Wildman–Crippen LogP) is 2.27. The van der Waals surface area contributed by atoms with Gasteiger partial charge in [0.05, 0.1) is 11.6 Å². The van der Waals surface area contributed by atoms with E-state index in [1.807, 2.05) is 36.1 Å². The van der Waals surface area contributed by atoms with E-state index in [9.17, 15) is 4.79 Å². The number of aryl methyl sites for hydroxylation is 1. The topological polar surface area (TPSA) is 71.0 Å². The number of hydrogen-bond acceptors (Lipinski definition) is 5. The lowest BCUT2D eigenvalue weighted by molar-refractivity contribution is 0.0625. The summed E-state index contributed by atoms with van der Waals surface area (Å²) in [6.45, 7) is 3.34. The molecule has 0 radical (unpaired) electrons. The summed E-state index contributed by atoms with van der Waals surface area (Å²) < 4.78 is 0. The van der Waals surface area contributed by atoms with Gasteiger partial charge in [0.25, 0.3) is 5.91 Å². The third-order valence-electron chi connectivity index (χ3n) is 4.27. The molecule has 0 bridgehead atoms. The summed E-state index contributed by atoms with van der Waals surface area (Å²) in [6.07, 6.45) is 5.18. The molecule has 2 aromatic heterocycles. The van der Waals surface area contributed by atoms with Crippen LogP contribution in [0.4, 0.5) is 5.95 Å². The number of anilines is 1. The van der Waals surface area contributed by atoms with Crippen LogP contribution in [-0.4, -0.2) is 44.9 Å². The van der Waals surface area contributed by atoms with Crippen LogP contribution < -0.4 is 5.32 Å². The molecule has 120 valence electrons. The molecule has 24 heavy (non-hydrogen) atoms. The van der Waals surface area contributed by atoms with Gasteiger partial charge in [0.2, 0.25) is 5.95 Å². The molecule has 1 amide bonds. The number of carbonyl (C=O) groups excluding carboxylic acids is 1. The van der Waals surface area contributed by atoms with Crippen molar-refractivity contribution < 1.29 is 4.79 Å². The van der Waals surface area contributed by atoms with Gasteiger partial charge in [0.1, 0.15) is 0 Å². The summed E-state index contributed by atoms with van der Waals surface area (Å²) in [4.78, 5) is 27.1. The van der Waals surface area contributed by atoms with Crippen LogP contribution in [0, 0.1) is 6.92 Å². The highest BCUT2D eigenvalue weighted by Crippen LogP contribution is 2.21. The van der Waals surface area contributed by atoms with E-state index in [2.05, 4.69) is 20.3 Å². The van der Waals surface area contributed by atoms with Crippen molar-refractivity contribution >= 4 is 22.8 Å². The summed E-state index contributed by atoms with van der Waals surface area (Å²) in [5.74, 6) is 0.647. The Kier molecular flexibility index (Phi) is 3.57. The maximum absolute atomic E-state index is 12.6. The fourth-order valence-electron chi connectivity index (χ4n) is 2.89. The Morgan fingerprint density at radius 3 is 2.71 bits per heavy atom. The first-order valence-corrected chi connectivity index (χ1v) is 7.89. The highest BCUT2D eigenvalue weighted by Gasteiger charge is 2.31. The zero-order valence-corrected chi connectivity index (χ0v) is 13.3. The van der Waals surface area contributed by atoms with Gasteiger partial charge in [-0.1, -0.05) is 0 Å². The first-order valence-electron chi connectivity index (χ1n) is 7.89. The molecule has 1 fully saturated rings. The fraction of sp³-hybridized carbons (Fsp3) is 0.222. The number of carbonyl (C=O) groups is 1. The second-order valence-corrected chi connectivity index (χ2v) is 5.98. The highest BCUT2D eigenvalue weighted by molar-refractivity contribution is 5.99. The Hall–Kier alpha value is -3.02. The molecule has 1 N–H and O–H groups in total. The van der Waals surface area contributed by atoms with Gasteiger partial charge in [-0.25, -0.2) is 9.97 Å². The van der Waals surface area contributed by atoms with Gasteiger partial charge in [0.15, 0.2) is 0 Å². The average molecular weight is 319 g/mol. The molecule has 4 rings (SSSR count). The number of rotatable bonds is 3. The zero-order valence-electron chi connectivity index (χ0n) is 13.3. The molecule has 0 aliphatic carbocycles. The van der Waals surface area contributed by atoms with Crippen LogP contribution in [0.25, 0.3) is 10.9 Å². The van der Waals surface area contributed by atoms with E-state index in [-0.39, 0.29) is 11.9 Å². The lowest BCUT2D eigenvalue weighted by Crippen LogP contribution is -2.57. The van der Waals surface area contributed by atoms with Gasteiger partial charge < -0.3 is 10.2 Å². The van der Waals surface area contributed by atoms with E-state index < -0.39 is 0 Å². The number of amides is 1. The number of fused-ring (bicyclic) bond motifs is 1. The van der Waals surface area contributed by atoms with Gasteiger partial charge >= 0.3 is 0 Å². The monoisotopic (exact) mass is 319 g/mol. The van der Waals surface area contributed by atoms with Gasteiger partial charge in [-0.05, 0) is 42.8 Å². The van der Waals surface area contributed by atoms with E-state index in [4.69, 9.17) is 0 Å². The summed E-state index contributed by atoms with van der Waals surface area (Å²) in [7, 11) is 0. The van der Waals surface area contributed by atoms with Crippen LogP contribution in [0.3, 0.4) is 0 Å². The minimum absolute atomic E-state index is 0.0483. The molecule has 0 unspecified atom stereocenters. The van der Waals surface area contributed by atoms with Crippen LogP contribution in [0.2, 0.25) is 0 Å². The van der Waals surface area contributed by atoms with Crippen LogP contribution in [0.5, 0.6) is 0 Å². The molecular weight excluding hydrogens is 302 g/mol. The van der Waals surface area contributed by atoms with Gasteiger partial charge in [0, 0.05) is 42.6 Å². The van der Waals surface area contributed by atoms with E-state index in [0.29, 0.717) is 24.6 Å². The smallest absolute Gasteiger partial charge is 0.254 e. The van der Waals surface area contributed by atoms with Crippen molar-refractivity contribution in [3.8, 4) is 0 Å². The summed E-state index contributed by atoms with van der Waals surface area (Å²) in [5, 5.41) is 4.25. The minimum Gasteiger partial charge on any atom is -0.348 e. The van der Waals surface area contributed by atoms with E-state index >= 15 is 0 Å². The van der Waals surface area contributed by atoms with Crippen molar-refractivity contribution in [2.75, 3.05) is 18.4 Å². The average Bonchev–Trinajstić information content (AvgIpc) is 2.58. The number of aromatic nitrogens is 3. The standard InChI is InChI=1S/C18H17N5O/c1-12-5-8-19-16-4-3-13(9-15(12)16)17(24)23-10-14(11-23)22-18-20-6-2-7-21-18/h2-9,14H,10-11H2,1H3,(H,20,21,22). The molecule has 3 aromatic rings. The molecule has 6 heteroatoms. The Bertz CT molecular complexity index is 890. The third kappa shape index (κ3) is 2.67. The lowest BCUT2D eigenvalue weighted by Gasteiger charge is -2.39. The minimum atomic E-state index is 0.0483. The quantitative estimate of drug-likeness (QED) is 0.802. The Morgan fingerprint density at radius 1 is 1.12 bits per heavy atom. The number of nitrogens with one attached hydrogen (secondary N) is 1. The van der Waals surface area contributed by atoms with E-state index in [1.165, 1.54) is 0 Å². The van der Waals surface area contributed by atoms with Crippen molar-refractivity contribution in [1.82, 2.24) is 19.9 Å². The molecule has 0 saturated carbocycles. The van der Waals surface area contributed by atoms with Crippen LogP contribution in [0.15, 0.2) is 48.9 Å². The first-order chi connectivity index (χ1) is 11.7. The molecular formula is C18H17N5O. The zero-order chi connectivity index (χ0) is 16.5. The molecule has 1 saturated heterocycles. The van der Waals surface area contributed by atoms with Gasteiger partial charge in [-0.15, -0.1) is 0 Å². The molecule has 1 aromatic carbocycles. The SMILES string of the molecule is Cc1ccnc2ccc(C(=O)N3CC(Nc4ncccn4)C3)cc12. The number of nitrogens with zero attached hydrogens (tertiary/aromatic N) is 4. The molecule has 1 aliphatic heterocycles. The largest absolute Gasteiger partial charge is 0.348 e. The molecule has 3 heterocycles. The van der Waals surface area contributed by atoms with E-state index in [1.54, 1.807) is 24.7 Å². The van der Waals surface area contributed by atoms with Crippen LogP contribution >= 0.6 is 0 Å². The number of hydrogen-bond donors (Lipinski definition) is 1. The van der Waals surface area contributed by atoms with Gasteiger partial charge in [-0.2, -0.15) is 0 Å². The fourth-order valence-corrected chi connectivity index (χ4v) is 2.89. The summed E-state index contributed by atoms with van der Waals surface area (Å²) >= 11 is 0. The number of pyridine rings is 1. The Morgan fingerprint density at radius 2 is 1.92 bits per heavy atom. The van der Waals surface area contributed by atoms with Crippen LogP contribution in [0.1, 0.15) is 15.9 Å². The molecule has 0 atom stereocenters. The Balaban J connectivity index is 1.45. The maximum atomic E-state index is 12.6. The van der Waals surface area contributed by atoms with Crippen molar-refractivity contribution in [3.63, 3.8) is 0 Å². The summed E-state index contributed by atoms with van der Waals surface area (Å²) in [6, 6.07) is 9.61. The van der Waals surface area contributed by atoms with Crippen LogP contribution in [-0.2, 0) is 0 Å². The second-order valence-electron chi connectivity index (χ2n) is 5.98. The van der Waals surface area contributed by atoms with E-state index in [0.717, 1.165) is 16.5 Å². The number of likely N-dealkylation sites (tertiary alicyclic amines) is 1. The van der Waals surface area contributed by atoms with Crippen molar-refractivity contribution in [1.29, 1.82) is 0 Å². The molecule has 6 nitrogen and oxygen atoms in total. The van der Waals surface area contributed by atoms with Crippen molar-refractivity contribution in [2.45, 2.75) is 13.0 Å². The molecule has 1 aliphatic rings.